The van der Waals surface area contributed by atoms with Gasteiger partial charge in [0.15, 0.2) is 0 Å². The lowest BCUT2D eigenvalue weighted by molar-refractivity contribution is 0.114. The third kappa shape index (κ3) is 4.34. The van der Waals surface area contributed by atoms with E-state index in [0.29, 0.717) is 12.5 Å². The van der Waals surface area contributed by atoms with Crippen molar-refractivity contribution < 1.29 is 5.11 Å². The summed E-state index contributed by atoms with van der Waals surface area (Å²) < 4.78 is 0. The van der Waals surface area contributed by atoms with Crippen LogP contribution in [0.5, 0.6) is 0 Å². The average molecular weight is 280 g/mol. The SMILES string of the molecule is CCNc1nc(C)nc(NCC(O)C(CC)CC)c1C. The predicted octanol–water partition coefficient (Wildman–Crippen LogP) is 2.73. The normalized spacial score (nSPS) is 12.6. The summed E-state index contributed by atoms with van der Waals surface area (Å²) in [5.41, 5.74) is 0.995. The first-order valence-corrected chi connectivity index (χ1v) is 7.54. The van der Waals surface area contributed by atoms with Crippen LogP contribution < -0.4 is 10.6 Å². The first kappa shape index (κ1) is 16.7. The number of aliphatic hydroxyl groups excluding tert-OH is 1. The van der Waals surface area contributed by atoms with Gasteiger partial charge in [-0.3, -0.25) is 0 Å². The highest BCUT2D eigenvalue weighted by Gasteiger charge is 2.16. The van der Waals surface area contributed by atoms with E-state index in [4.69, 9.17) is 0 Å². The molecule has 1 aromatic heterocycles. The second kappa shape index (κ2) is 8.04. The van der Waals surface area contributed by atoms with Crippen LogP contribution in [0.1, 0.15) is 45.0 Å². The van der Waals surface area contributed by atoms with Gasteiger partial charge in [-0.25, -0.2) is 9.97 Å². The van der Waals surface area contributed by atoms with Gasteiger partial charge in [-0.1, -0.05) is 26.7 Å². The van der Waals surface area contributed by atoms with Crippen LogP contribution >= 0.6 is 0 Å². The molecule has 0 saturated carbocycles. The highest BCUT2D eigenvalue weighted by Crippen LogP contribution is 2.20. The van der Waals surface area contributed by atoms with Gasteiger partial charge in [0, 0.05) is 18.7 Å². The van der Waals surface area contributed by atoms with Crippen molar-refractivity contribution in [3.05, 3.63) is 11.4 Å². The smallest absolute Gasteiger partial charge is 0.134 e. The predicted molar refractivity (Wildman–Crippen MR) is 84.2 cm³/mol. The van der Waals surface area contributed by atoms with Gasteiger partial charge in [0.25, 0.3) is 0 Å². The van der Waals surface area contributed by atoms with Gasteiger partial charge in [-0.15, -0.1) is 0 Å². The number of aryl methyl sites for hydroxylation is 1. The Morgan fingerprint density at radius 1 is 1.00 bits per heavy atom. The molecule has 1 aromatic rings. The van der Waals surface area contributed by atoms with E-state index in [1.807, 2.05) is 20.8 Å². The zero-order valence-corrected chi connectivity index (χ0v) is 13.3. The fourth-order valence-electron chi connectivity index (χ4n) is 2.34. The maximum atomic E-state index is 10.2. The Kier molecular flexibility index (Phi) is 6.71. The van der Waals surface area contributed by atoms with Gasteiger partial charge >= 0.3 is 0 Å². The van der Waals surface area contributed by atoms with E-state index >= 15 is 0 Å². The topological polar surface area (TPSA) is 70.1 Å². The van der Waals surface area contributed by atoms with Gasteiger partial charge in [0.05, 0.1) is 6.10 Å². The van der Waals surface area contributed by atoms with Crippen molar-refractivity contribution in [2.75, 3.05) is 23.7 Å². The molecule has 0 radical (unpaired) electrons. The van der Waals surface area contributed by atoms with E-state index < -0.39 is 0 Å². The number of hydrogen-bond acceptors (Lipinski definition) is 5. The van der Waals surface area contributed by atoms with Gasteiger partial charge in [-0.05, 0) is 26.7 Å². The molecular weight excluding hydrogens is 252 g/mol. The molecule has 1 heterocycles. The summed E-state index contributed by atoms with van der Waals surface area (Å²) in [7, 11) is 0. The lowest BCUT2D eigenvalue weighted by atomic mass is 9.96. The Morgan fingerprint density at radius 2 is 1.55 bits per heavy atom. The van der Waals surface area contributed by atoms with E-state index in [9.17, 15) is 5.11 Å². The zero-order valence-electron chi connectivity index (χ0n) is 13.3. The lowest BCUT2D eigenvalue weighted by Gasteiger charge is -2.21. The van der Waals surface area contributed by atoms with E-state index in [0.717, 1.165) is 42.4 Å². The van der Waals surface area contributed by atoms with Crippen molar-refractivity contribution in [3.63, 3.8) is 0 Å². The van der Waals surface area contributed by atoms with Gasteiger partial charge in [-0.2, -0.15) is 0 Å². The largest absolute Gasteiger partial charge is 0.391 e. The lowest BCUT2D eigenvalue weighted by Crippen LogP contribution is -2.28. The number of aromatic nitrogens is 2. The quantitative estimate of drug-likeness (QED) is 0.683. The van der Waals surface area contributed by atoms with E-state index in [-0.39, 0.29) is 6.10 Å². The summed E-state index contributed by atoms with van der Waals surface area (Å²) in [4.78, 5) is 8.82. The fourth-order valence-corrected chi connectivity index (χ4v) is 2.34. The van der Waals surface area contributed by atoms with Crippen molar-refractivity contribution in [1.29, 1.82) is 0 Å². The van der Waals surface area contributed by atoms with E-state index in [2.05, 4.69) is 34.4 Å². The van der Waals surface area contributed by atoms with Gasteiger partial charge in [0.1, 0.15) is 17.5 Å². The molecular formula is C15H28N4O. The average Bonchev–Trinajstić information content (AvgIpc) is 2.42. The molecule has 0 saturated heterocycles. The first-order chi connectivity index (χ1) is 9.53. The summed E-state index contributed by atoms with van der Waals surface area (Å²) in [5, 5.41) is 16.7. The van der Waals surface area contributed by atoms with Crippen molar-refractivity contribution in [3.8, 4) is 0 Å². The van der Waals surface area contributed by atoms with Crippen molar-refractivity contribution in [1.82, 2.24) is 9.97 Å². The Balaban J connectivity index is 2.77. The third-order valence-corrected chi connectivity index (χ3v) is 3.67. The molecule has 0 aliphatic heterocycles. The van der Waals surface area contributed by atoms with Gasteiger partial charge < -0.3 is 15.7 Å². The number of nitrogens with one attached hydrogen (secondary N) is 2. The zero-order chi connectivity index (χ0) is 15.1. The summed E-state index contributed by atoms with van der Waals surface area (Å²) in [5.74, 6) is 2.73. The molecule has 0 fully saturated rings. The van der Waals surface area contributed by atoms with Crippen LogP contribution in [0.2, 0.25) is 0 Å². The van der Waals surface area contributed by atoms with Crippen LogP contribution in [0.3, 0.4) is 0 Å². The monoisotopic (exact) mass is 280 g/mol. The Bertz CT molecular complexity index is 419. The van der Waals surface area contributed by atoms with Crippen LogP contribution in [0.4, 0.5) is 11.6 Å². The Labute approximate surface area is 122 Å². The molecule has 3 N–H and O–H groups in total. The van der Waals surface area contributed by atoms with E-state index in [1.165, 1.54) is 0 Å². The van der Waals surface area contributed by atoms with Crippen LogP contribution in [0, 0.1) is 19.8 Å². The number of hydrogen-bond donors (Lipinski definition) is 3. The van der Waals surface area contributed by atoms with Crippen LogP contribution in [-0.2, 0) is 0 Å². The molecule has 5 nitrogen and oxygen atoms in total. The molecule has 0 bridgehead atoms. The second-order valence-corrected chi connectivity index (χ2v) is 5.15. The summed E-state index contributed by atoms with van der Waals surface area (Å²) in [6.45, 7) is 11.5. The number of rotatable bonds is 8. The molecule has 20 heavy (non-hydrogen) atoms. The summed E-state index contributed by atoms with van der Waals surface area (Å²) in [6.07, 6.45) is 1.63. The molecule has 0 spiro atoms. The molecule has 1 rings (SSSR count). The second-order valence-electron chi connectivity index (χ2n) is 5.15. The fraction of sp³-hybridized carbons (Fsp3) is 0.733. The molecule has 0 aromatic carbocycles. The minimum atomic E-state index is -0.345. The minimum Gasteiger partial charge on any atom is -0.391 e. The highest BCUT2D eigenvalue weighted by atomic mass is 16.3. The summed E-state index contributed by atoms with van der Waals surface area (Å²) >= 11 is 0. The molecule has 5 heteroatoms. The number of anilines is 2. The van der Waals surface area contributed by atoms with Gasteiger partial charge in [0.2, 0.25) is 0 Å². The van der Waals surface area contributed by atoms with E-state index in [1.54, 1.807) is 0 Å². The molecule has 1 unspecified atom stereocenters. The molecule has 0 aliphatic carbocycles. The number of nitrogens with zero attached hydrogens (tertiary/aromatic N) is 2. The van der Waals surface area contributed by atoms with Crippen molar-refractivity contribution >= 4 is 11.6 Å². The van der Waals surface area contributed by atoms with Crippen molar-refractivity contribution in [2.45, 2.75) is 53.6 Å². The summed E-state index contributed by atoms with van der Waals surface area (Å²) in [6, 6.07) is 0. The third-order valence-electron chi connectivity index (χ3n) is 3.67. The standard InChI is InChI=1S/C15H28N4O/c1-6-12(7-2)13(20)9-17-15-10(4)14(16-8-3)18-11(5)19-15/h12-13,20H,6-9H2,1-5H3,(H2,16,17,18,19). The van der Waals surface area contributed by atoms with Crippen LogP contribution in [0.15, 0.2) is 0 Å². The highest BCUT2D eigenvalue weighted by molar-refractivity contribution is 5.57. The Hall–Kier alpha value is -1.36. The van der Waals surface area contributed by atoms with Crippen molar-refractivity contribution in [2.24, 2.45) is 5.92 Å². The molecule has 114 valence electrons. The first-order valence-electron chi connectivity index (χ1n) is 7.54. The molecule has 0 aliphatic rings. The van der Waals surface area contributed by atoms with Crippen LogP contribution in [0.25, 0.3) is 0 Å². The minimum absolute atomic E-state index is 0.332. The Morgan fingerprint density at radius 3 is 2.05 bits per heavy atom. The molecule has 1 atom stereocenters. The van der Waals surface area contributed by atoms with Crippen LogP contribution in [-0.4, -0.2) is 34.3 Å². The maximum absolute atomic E-state index is 10.2. The maximum Gasteiger partial charge on any atom is 0.134 e. The number of aliphatic hydroxyl groups is 1. The molecule has 0 amide bonds.